The van der Waals surface area contributed by atoms with Crippen molar-refractivity contribution in [2.75, 3.05) is 5.73 Å². The Labute approximate surface area is 105 Å². The van der Waals surface area contributed by atoms with Crippen LogP contribution in [0.3, 0.4) is 0 Å². The summed E-state index contributed by atoms with van der Waals surface area (Å²) in [6.45, 7) is 2.02. The second-order valence-electron chi connectivity index (χ2n) is 3.22. The van der Waals surface area contributed by atoms with Crippen molar-refractivity contribution in [1.82, 2.24) is 9.78 Å². The Bertz CT molecular complexity index is 505. The fraction of sp³-hybridized carbons (Fsp3) is 0.100. The van der Waals surface area contributed by atoms with Gasteiger partial charge in [-0.25, -0.2) is 4.68 Å². The fourth-order valence-corrected chi connectivity index (χ4v) is 2.12. The quantitative estimate of drug-likeness (QED) is 0.872. The molecule has 0 aliphatic carbocycles. The molecule has 78 valence electrons. The van der Waals surface area contributed by atoms with Crippen LogP contribution >= 0.6 is 31.9 Å². The second-order valence-corrected chi connectivity index (χ2v) is 4.99. The molecule has 0 aliphatic rings. The average Bonchev–Trinajstić information content (AvgIpc) is 2.49. The van der Waals surface area contributed by atoms with Gasteiger partial charge in [-0.2, -0.15) is 5.10 Å². The van der Waals surface area contributed by atoms with Crippen LogP contribution in [-0.4, -0.2) is 9.78 Å². The molecule has 2 N–H and O–H groups in total. The molecular formula is C10H9Br2N3. The van der Waals surface area contributed by atoms with Crippen LogP contribution in [0.1, 0.15) is 5.56 Å². The van der Waals surface area contributed by atoms with Gasteiger partial charge in [0.05, 0.1) is 16.4 Å². The molecule has 2 aromatic rings. The van der Waals surface area contributed by atoms with Gasteiger partial charge >= 0.3 is 0 Å². The monoisotopic (exact) mass is 329 g/mol. The molecule has 0 spiro atoms. The Morgan fingerprint density at radius 2 is 2.07 bits per heavy atom. The Kier molecular flexibility index (Phi) is 2.84. The number of hydrogen-bond donors (Lipinski definition) is 1. The van der Waals surface area contributed by atoms with Crippen molar-refractivity contribution >= 4 is 37.7 Å². The zero-order valence-corrected chi connectivity index (χ0v) is 11.2. The highest BCUT2D eigenvalue weighted by Gasteiger charge is 2.08. The molecule has 1 aromatic carbocycles. The normalized spacial score (nSPS) is 10.6. The summed E-state index contributed by atoms with van der Waals surface area (Å²) < 4.78 is 3.57. The number of nitrogens with zero attached hydrogens (tertiary/aromatic N) is 2. The van der Waals surface area contributed by atoms with E-state index in [1.54, 1.807) is 10.9 Å². The maximum Gasteiger partial charge on any atom is 0.141 e. The van der Waals surface area contributed by atoms with Gasteiger partial charge in [-0.1, -0.05) is 15.9 Å². The first kappa shape index (κ1) is 10.7. The topological polar surface area (TPSA) is 43.8 Å². The Morgan fingerprint density at radius 1 is 1.33 bits per heavy atom. The molecule has 0 aliphatic heterocycles. The van der Waals surface area contributed by atoms with Gasteiger partial charge in [0.25, 0.3) is 0 Å². The highest BCUT2D eigenvalue weighted by molar-refractivity contribution is 9.10. The van der Waals surface area contributed by atoms with E-state index < -0.39 is 0 Å². The Morgan fingerprint density at radius 3 is 2.60 bits per heavy atom. The number of aromatic nitrogens is 2. The van der Waals surface area contributed by atoms with E-state index in [0.29, 0.717) is 5.82 Å². The van der Waals surface area contributed by atoms with E-state index in [-0.39, 0.29) is 0 Å². The number of hydrogen-bond acceptors (Lipinski definition) is 2. The van der Waals surface area contributed by atoms with E-state index in [1.807, 2.05) is 25.1 Å². The molecule has 0 amide bonds. The van der Waals surface area contributed by atoms with Gasteiger partial charge in [0.2, 0.25) is 0 Å². The van der Waals surface area contributed by atoms with E-state index in [0.717, 1.165) is 20.2 Å². The van der Waals surface area contributed by atoms with Gasteiger partial charge in [0, 0.05) is 4.47 Å². The van der Waals surface area contributed by atoms with E-state index >= 15 is 0 Å². The first-order valence-electron chi connectivity index (χ1n) is 4.35. The molecule has 5 heteroatoms. The second kappa shape index (κ2) is 3.98. The zero-order valence-electron chi connectivity index (χ0n) is 8.04. The van der Waals surface area contributed by atoms with Crippen molar-refractivity contribution in [3.8, 4) is 5.69 Å². The van der Waals surface area contributed by atoms with Gasteiger partial charge in [-0.15, -0.1) is 0 Å². The van der Waals surface area contributed by atoms with E-state index in [1.165, 1.54) is 0 Å². The van der Waals surface area contributed by atoms with Crippen LogP contribution in [0.2, 0.25) is 0 Å². The molecule has 1 heterocycles. The number of aryl methyl sites for hydroxylation is 1. The number of benzene rings is 1. The van der Waals surface area contributed by atoms with Crippen molar-refractivity contribution < 1.29 is 0 Å². The first-order chi connectivity index (χ1) is 7.09. The SMILES string of the molecule is Cc1cc(Br)ccc1-n1ncc(Br)c1N. The number of halogens is 2. The summed E-state index contributed by atoms with van der Waals surface area (Å²) in [6, 6.07) is 5.98. The lowest BCUT2D eigenvalue weighted by Crippen LogP contribution is -2.03. The summed E-state index contributed by atoms with van der Waals surface area (Å²) in [7, 11) is 0. The predicted octanol–water partition coefficient (Wildman–Crippen LogP) is 3.29. The lowest BCUT2D eigenvalue weighted by atomic mass is 10.2. The third-order valence-electron chi connectivity index (χ3n) is 2.15. The molecule has 0 unspecified atom stereocenters. The number of anilines is 1. The summed E-state index contributed by atoms with van der Waals surface area (Å²) in [6.07, 6.45) is 1.69. The zero-order chi connectivity index (χ0) is 11.0. The summed E-state index contributed by atoms with van der Waals surface area (Å²) in [5.41, 5.74) is 7.99. The summed E-state index contributed by atoms with van der Waals surface area (Å²) >= 11 is 6.76. The molecule has 0 atom stereocenters. The average molecular weight is 331 g/mol. The van der Waals surface area contributed by atoms with E-state index in [9.17, 15) is 0 Å². The highest BCUT2D eigenvalue weighted by atomic mass is 79.9. The van der Waals surface area contributed by atoms with Gasteiger partial charge < -0.3 is 5.73 Å². The largest absolute Gasteiger partial charge is 0.383 e. The standard InChI is InChI=1S/C10H9Br2N3/c1-6-4-7(11)2-3-9(6)15-10(13)8(12)5-14-15/h2-5H,13H2,1H3. The molecular weight excluding hydrogens is 322 g/mol. The molecule has 15 heavy (non-hydrogen) atoms. The predicted molar refractivity (Wildman–Crippen MR) is 68.1 cm³/mol. The summed E-state index contributed by atoms with van der Waals surface area (Å²) in [5.74, 6) is 0.612. The minimum Gasteiger partial charge on any atom is -0.383 e. The molecule has 0 fully saturated rings. The number of rotatable bonds is 1. The minimum atomic E-state index is 0.612. The summed E-state index contributed by atoms with van der Waals surface area (Å²) in [5, 5.41) is 4.21. The minimum absolute atomic E-state index is 0.612. The van der Waals surface area contributed by atoms with E-state index in [4.69, 9.17) is 5.73 Å². The number of nitrogen functional groups attached to an aromatic ring is 1. The molecule has 1 aromatic heterocycles. The van der Waals surface area contributed by atoms with Crippen LogP contribution in [-0.2, 0) is 0 Å². The smallest absolute Gasteiger partial charge is 0.141 e. The van der Waals surface area contributed by atoms with Crippen molar-refractivity contribution in [3.63, 3.8) is 0 Å². The first-order valence-corrected chi connectivity index (χ1v) is 5.93. The molecule has 0 saturated heterocycles. The van der Waals surface area contributed by atoms with Gasteiger partial charge in [-0.3, -0.25) is 0 Å². The lowest BCUT2D eigenvalue weighted by molar-refractivity contribution is 0.883. The van der Waals surface area contributed by atoms with Gasteiger partial charge in [0.15, 0.2) is 0 Å². The van der Waals surface area contributed by atoms with Crippen LogP contribution in [0.15, 0.2) is 33.3 Å². The van der Waals surface area contributed by atoms with Crippen molar-refractivity contribution in [2.45, 2.75) is 6.92 Å². The molecule has 0 bridgehead atoms. The summed E-state index contributed by atoms with van der Waals surface area (Å²) in [4.78, 5) is 0. The molecule has 0 radical (unpaired) electrons. The van der Waals surface area contributed by atoms with Crippen LogP contribution in [0.5, 0.6) is 0 Å². The molecule has 3 nitrogen and oxygen atoms in total. The van der Waals surface area contributed by atoms with Crippen LogP contribution in [0, 0.1) is 6.92 Å². The van der Waals surface area contributed by atoms with Crippen LogP contribution < -0.4 is 5.73 Å². The number of nitrogens with two attached hydrogens (primary N) is 1. The Balaban J connectivity index is 2.59. The third kappa shape index (κ3) is 1.94. The van der Waals surface area contributed by atoms with Gasteiger partial charge in [-0.05, 0) is 46.6 Å². The van der Waals surface area contributed by atoms with Crippen LogP contribution in [0.4, 0.5) is 5.82 Å². The van der Waals surface area contributed by atoms with E-state index in [2.05, 4.69) is 37.0 Å². The van der Waals surface area contributed by atoms with Crippen LogP contribution in [0.25, 0.3) is 5.69 Å². The van der Waals surface area contributed by atoms with Crippen molar-refractivity contribution in [3.05, 3.63) is 38.9 Å². The lowest BCUT2D eigenvalue weighted by Gasteiger charge is -2.08. The van der Waals surface area contributed by atoms with Gasteiger partial charge in [0.1, 0.15) is 5.82 Å². The maximum atomic E-state index is 5.88. The molecule has 0 saturated carbocycles. The Hall–Kier alpha value is -0.810. The maximum absolute atomic E-state index is 5.88. The third-order valence-corrected chi connectivity index (χ3v) is 3.25. The van der Waals surface area contributed by atoms with Crippen molar-refractivity contribution in [2.24, 2.45) is 0 Å². The fourth-order valence-electron chi connectivity index (χ4n) is 1.39. The molecule has 2 rings (SSSR count). The highest BCUT2D eigenvalue weighted by Crippen LogP contribution is 2.25. The van der Waals surface area contributed by atoms with Crippen molar-refractivity contribution in [1.29, 1.82) is 0 Å².